The number of benzene rings is 1. The number of rotatable bonds is 3. The van der Waals surface area contributed by atoms with Crippen LogP contribution in [-0.2, 0) is 6.42 Å². The second-order valence-corrected chi connectivity index (χ2v) is 3.73. The summed E-state index contributed by atoms with van der Waals surface area (Å²) in [5.41, 5.74) is 1.29. The Hall–Kier alpha value is -1.97. The van der Waals surface area contributed by atoms with Crippen molar-refractivity contribution < 1.29 is 9.47 Å². The minimum Gasteiger partial charge on any atom is -0.497 e. The third kappa shape index (κ3) is 1.86. The van der Waals surface area contributed by atoms with Crippen LogP contribution in [0.1, 0.15) is 12.5 Å². The van der Waals surface area contributed by atoms with Gasteiger partial charge in [-0.3, -0.25) is 4.79 Å². The summed E-state index contributed by atoms with van der Waals surface area (Å²) >= 11 is 0. The van der Waals surface area contributed by atoms with Gasteiger partial charge in [0.05, 0.1) is 25.3 Å². The van der Waals surface area contributed by atoms with Gasteiger partial charge in [0.25, 0.3) is 5.56 Å². The highest BCUT2D eigenvalue weighted by Crippen LogP contribution is 2.28. The molecule has 0 spiro atoms. The predicted octanol–water partition coefficient (Wildman–Crippen LogP) is 2.11. The molecule has 2 aromatic rings. The van der Waals surface area contributed by atoms with Crippen LogP contribution < -0.4 is 15.0 Å². The lowest BCUT2D eigenvalue weighted by Gasteiger charge is -2.10. The highest BCUT2D eigenvalue weighted by molar-refractivity contribution is 5.87. The van der Waals surface area contributed by atoms with Crippen molar-refractivity contribution in [3.8, 4) is 11.5 Å². The molecule has 0 aliphatic rings. The molecule has 0 unspecified atom stereocenters. The van der Waals surface area contributed by atoms with Crippen molar-refractivity contribution in [1.82, 2.24) is 4.98 Å². The van der Waals surface area contributed by atoms with Gasteiger partial charge in [-0.15, -0.1) is 0 Å². The first-order valence-corrected chi connectivity index (χ1v) is 5.48. The second-order valence-electron chi connectivity index (χ2n) is 3.73. The Kier molecular flexibility index (Phi) is 3.04. The minimum absolute atomic E-state index is 0.106. The zero-order valence-electron chi connectivity index (χ0n) is 10.2. The van der Waals surface area contributed by atoms with Crippen LogP contribution in [-0.4, -0.2) is 19.2 Å². The van der Waals surface area contributed by atoms with E-state index in [1.807, 2.05) is 19.1 Å². The Morgan fingerprint density at radius 2 is 2.00 bits per heavy atom. The predicted molar refractivity (Wildman–Crippen MR) is 67.1 cm³/mol. The van der Waals surface area contributed by atoms with E-state index in [1.165, 1.54) is 0 Å². The van der Waals surface area contributed by atoms with E-state index in [1.54, 1.807) is 20.3 Å². The van der Waals surface area contributed by atoms with Crippen LogP contribution in [0.4, 0.5) is 0 Å². The standard InChI is InChI=1S/C13H15NO3/c1-4-9-12(17-3)10-6-5-8(16-2)7-11(10)14-13(9)15/h5-7H,4H2,1-3H3,(H,14,15). The van der Waals surface area contributed by atoms with Crippen LogP contribution in [0.15, 0.2) is 23.0 Å². The van der Waals surface area contributed by atoms with Gasteiger partial charge in [0.1, 0.15) is 11.5 Å². The zero-order chi connectivity index (χ0) is 12.4. The van der Waals surface area contributed by atoms with Crippen LogP contribution in [0.25, 0.3) is 10.9 Å². The summed E-state index contributed by atoms with van der Waals surface area (Å²) in [4.78, 5) is 14.7. The van der Waals surface area contributed by atoms with Gasteiger partial charge in [-0.05, 0) is 18.6 Å². The van der Waals surface area contributed by atoms with Crippen LogP contribution in [0.3, 0.4) is 0 Å². The lowest BCUT2D eigenvalue weighted by Crippen LogP contribution is -2.13. The van der Waals surface area contributed by atoms with Crippen LogP contribution >= 0.6 is 0 Å². The number of pyridine rings is 1. The number of nitrogens with one attached hydrogen (secondary N) is 1. The smallest absolute Gasteiger partial charge is 0.255 e. The van der Waals surface area contributed by atoms with Gasteiger partial charge in [0.15, 0.2) is 0 Å². The van der Waals surface area contributed by atoms with Crippen molar-refractivity contribution in [2.75, 3.05) is 14.2 Å². The van der Waals surface area contributed by atoms with Crippen molar-refractivity contribution in [2.45, 2.75) is 13.3 Å². The number of methoxy groups -OCH3 is 2. The van der Waals surface area contributed by atoms with E-state index in [0.29, 0.717) is 23.5 Å². The molecule has 1 aromatic carbocycles. The summed E-state index contributed by atoms with van der Waals surface area (Å²) in [7, 11) is 3.18. The molecule has 0 radical (unpaired) electrons. The largest absolute Gasteiger partial charge is 0.497 e. The molecular formula is C13H15NO3. The van der Waals surface area contributed by atoms with E-state index in [0.717, 1.165) is 10.9 Å². The molecule has 0 fully saturated rings. The molecule has 1 aromatic heterocycles. The minimum atomic E-state index is -0.106. The van der Waals surface area contributed by atoms with Crippen LogP contribution in [0.5, 0.6) is 11.5 Å². The SMILES string of the molecule is CCc1c(OC)c2ccc(OC)cc2[nH]c1=O. The van der Waals surface area contributed by atoms with E-state index in [2.05, 4.69) is 4.98 Å². The van der Waals surface area contributed by atoms with Gasteiger partial charge in [-0.25, -0.2) is 0 Å². The summed E-state index contributed by atoms with van der Waals surface area (Å²) in [5, 5.41) is 0.893. The maximum Gasteiger partial charge on any atom is 0.255 e. The van der Waals surface area contributed by atoms with E-state index < -0.39 is 0 Å². The van der Waals surface area contributed by atoms with E-state index in [-0.39, 0.29) is 5.56 Å². The average Bonchev–Trinajstić information content (AvgIpc) is 2.36. The van der Waals surface area contributed by atoms with Gasteiger partial charge in [-0.1, -0.05) is 6.92 Å². The quantitative estimate of drug-likeness (QED) is 0.883. The summed E-state index contributed by atoms with van der Waals surface area (Å²) in [6.07, 6.45) is 0.639. The number of aromatic nitrogens is 1. The fraction of sp³-hybridized carbons (Fsp3) is 0.308. The molecule has 4 heteroatoms. The molecule has 0 atom stereocenters. The van der Waals surface area contributed by atoms with Crippen LogP contribution in [0, 0.1) is 0 Å². The molecule has 0 saturated carbocycles. The number of aromatic amines is 1. The van der Waals surface area contributed by atoms with Crippen LogP contribution in [0.2, 0.25) is 0 Å². The normalized spacial score (nSPS) is 10.5. The van der Waals surface area contributed by atoms with Crippen molar-refractivity contribution in [1.29, 1.82) is 0 Å². The van der Waals surface area contributed by atoms with Crippen molar-refractivity contribution >= 4 is 10.9 Å². The molecule has 0 bridgehead atoms. The highest BCUT2D eigenvalue weighted by Gasteiger charge is 2.11. The van der Waals surface area contributed by atoms with Crippen molar-refractivity contribution in [3.05, 3.63) is 34.1 Å². The van der Waals surface area contributed by atoms with E-state index >= 15 is 0 Å². The lowest BCUT2D eigenvalue weighted by molar-refractivity contribution is 0.412. The molecular weight excluding hydrogens is 218 g/mol. The molecule has 0 aliphatic heterocycles. The highest BCUT2D eigenvalue weighted by atomic mass is 16.5. The molecule has 17 heavy (non-hydrogen) atoms. The van der Waals surface area contributed by atoms with Gasteiger partial charge >= 0.3 is 0 Å². The Labute approximate surface area is 99.2 Å². The maximum atomic E-state index is 11.9. The van der Waals surface area contributed by atoms with Gasteiger partial charge in [0.2, 0.25) is 0 Å². The molecule has 1 heterocycles. The molecule has 4 nitrogen and oxygen atoms in total. The molecule has 0 aliphatic carbocycles. The lowest BCUT2D eigenvalue weighted by atomic mass is 10.1. The van der Waals surface area contributed by atoms with Gasteiger partial charge in [-0.2, -0.15) is 0 Å². The second kappa shape index (κ2) is 4.49. The first kappa shape index (κ1) is 11.5. The molecule has 90 valence electrons. The van der Waals surface area contributed by atoms with Crippen molar-refractivity contribution in [3.63, 3.8) is 0 Å². The maximum absolute atomic E-state index is 11.9. The number of hydrogen-bond donors (Lipinski definition) is 1. The fourth-order valence-electron chi connectivity index (χ4n) is 1.97. The molecule has 1 N–H and O–H groups in total. The van der Waals surface area contributed by atoms with Gasteiger partial charge < -0.3 is 14.5 Å². The third-order valence-corrected chi connectivity index (χ3v) is 2.83. The summed E-state index contributed by atoms with van der Waals surface area (Å²) in [6, 6.07) is 5.53. The third-order valence-electron chi connectivity index (χ3n) is 2.83. The number of hydrogen-bond acceptors (Lipinski definition) is 3. The molecule has 0 saturated heterocycles. The van der Waals surface area contributed by atoms with E-state index in [9.17, 15) is 4.79 Å². The van der Waals surface area contributed by atoms with E-state index in [4.69, 9.17) is 9.47 Å². The summed E-state index contributed by atoms with van der Waals surface area (Å²) in [6.45, 7) is 1.93. The fourth-order valence-corrected chi connectivity index (χ4v) is 1.97. The summed E-state index contributed by atoms with van der Waals surface area (Å²) < 4.78 is 10.5. The first-order chi connectivity index (χ1) is 8.21. The van der Waals surface area contributed by atoms with Crippen molar-refractivity contribution in [2.24, 2.45) is 0 Å². The number of H-pyrrole nitrogens is 1. The first-order valence-electron chi connectivity index (χ1n) is 5.48. The number of ether oxygens (including phenoxy) is 2. The Morgan fingerprint density at radius 1 is 1.24 bits per heavy atom. The Balaban J connectivity index is 2.82. The topological polar surface area (TPSA) is 51.3 Å². The summed E-state index contributed by atoms with van der Waals surface area (Å²) in [5.74, 6) is 1.35. The average molecular weight is 233 g/mol. The zero-order valence-corrected chi connectivity index (χ0v) is 10.2. The van der Waals surface area contributed by atoms with Gasteiger partial charge in [0, 0.05) is 11.5 Å². The number of fused-ring (bicyclic) bond motifs is 1. The Morgan fingerprint density at radius 3 is 2.59 bits per heavy atom. The molecule has 0 amide bonds. The Bertz CT molecular complexity index is 601. The molecule has 2 rings (SSSR count). The monoisotopic (exact) mass is 233 g/mol.